The highest BCUT2D eigenvalue weighted by molar-refractivity contribution is 7.85. The second-order valence-electron chi connectivity index (χ2n) is 4.14. The molecule has 0 radical (unpaired) electrons. The van der Waals surface area contributed by atoms with Crippen LogP contribution in [0.15, 0.2) is 53.4 Å². The minimum absolute atomic E-state index is 0.0174. The number of rotatable bonds is 5. The SMILES string of the molecule is O=[N+]([O-])c1ccccc1CCS(=O)c1cccc(F)c1. The number of nitro groups is 1. The number of nitrogens with zero attached hydrogens (tertiary/aromatic N) is 1. The molecule has 0 aromatic heterocycles. The lowest BCUT2D eigenvalue weighted by atomic mass is 10.1. The number of halogens is 1. The fourth-order valence-electron chi connectivity index (χ4n) is 1.83. The van der Waals surface area contributed by atoms with E-state index in [1.807, 2.05) is 0 Å². The first-order chi connectivity index (χ1) is 9.58. The lowest BCUT2D eigenvalue weighted by molar-refractivity contribution is -0.385. The Bertz CT molecular complexity index is 660. The molecule has 0 fully saturated rings. The van der Waals surface area contributed by atoms with Crippen LogP contribution in [0.3, 0.4) is 0 Å². The van der Waals surface area contributed by atoms with Crippen LogP contribution < -0.4 is 0 Å². The van der Waals surface area contributed by atoms with E-state index < -0.39 is 21.5 Å². The van der Waals surface area contributed by atoms with Crippen molar-refractivity contribution in [3.05, 3.63) is 70.0 Å². The van der Waals surface area contributed by atoms with Gasteiger partial charge >= 0.3 is 0 Å². The molecule has 0 aliphatic carbocycles. The quantitative estimate of drug-likeness (QED) is 0.628. The molecule has 0 amide bonds. The monoisotopic (exact) mass is 293 g/mol. The Labute approximate surface area is 117 Å². The van der Waals surface area contributed by atoms with Crippen molar-refractivity contribution in [2.45, 2.75) is 11.3 Å². The first-order valence-corrected chi connectivity index (χ1v) is 7.26. The average Bonchev–Trinajstić information content (AvgIpc) is 2.45. The van der Waals surface area contributed by atoms with E-state index in [4.69, 9.17) is 0 Å². The lowest BCUT2D eigenvalue weighted by Gasteiger charge is -2.04. The molecule has 4 nitrogen and oxygen atoms in total. The van der Waals surface area contributed by atoms with Crippen LogP contribution in [-0.4, -0.2) is 14.9 Å². The van der Waals surface area contributed by atoms with E-state index >= 15 is 0 Å². The minimum Gasteiger partial charge on any atom is -0.258 e. The maximum absolute atomic E-state index is 13.0. The largest absolute Gasteiger partial charge is 0.272 e. The van der Waals surface area contributed by atoms with Gasteiger partial charge in [0, 0.05) is 22.3 Å². The Balaban J connectivity index is 2.09. The molecule has 2 aromatic carbocycles. The summed E-state index contributed by atoms with van der Waals surface area (Å²) in [6, 6.07) is 11.9. The molecule has 0 aliphatic rings. The maximum atomic E-state index is 13.0. The van der Waals surface area contributed by atoms with Crippen molar-refractivity contribution in [3.8, 4) is 0 Å². The molecule has 1 atom stereocenters. The van der Waals surface area contributed by atoms with Crippen LogP contribution in [0.2, 0.25) is 0 Å². The summed E-state index contributed by atoms with van der Waals surface area (Å²) in [4.78, 5) is 10.8. The summed E-state index contributed by atoms with van der Waals surface area (Å²) in [7, 11) is -1.38. The summed E-state index contributed by atoms with van der Waals surface area (Å²) < 4.78 is 25.1. The molecule has 0 saturated heterocycles. The molecule has 0 aliphatic heterocycles. The summed E-state index contributed by atoms with van der Waals surface area (Å²) in [5.41, 5.74) is 0.547. The van der Waals surface area contributed by atoms with E-state index in [1.165, 1.54) is 24.3 Å². The van der Waals surface area contributed by atoms with Gasteiger partial charge in [0.2, 0.25) is 0 Å². The normalized spacial score (nSPS) is 12.1. The van der Waals surface area contributed by atoms with Crippen LogP contribution in [-0.2, 0) is 17.2 Å². The van der Waals surface area contributed by atoms with Crippen molar-refractivity contribution < 1.29 is 13.5 Å². The van der Waals surface area contributed by atoms with Crippen molar-refractivity contribution in [1.29, 1.82) is 0 Å². The van der Waals surface area contributed by atoms with Gasteiger partial charge in [-0.15, -0.1) is 0 Å². The molecule has 6 heteroatoms. The molecule has 2 rings (SSSR count). The zero-order valence-corrected chi connectivity index (χ0v) is 11.3. The van der Waals surface area contributed by atoms with Gasteiger partial charge in [0.05, 0.1) is 15.7 Å². The van der Waals surface area contributed by atoms with Crippen molar-refractivity contribution in [2.75, 3.05) is 5.75 Å². The lowest BCUT2D eigenvalue weighted by Crippen LogP contribution is -2.04. The second kappa shape index (κ2) is 6.38. The Morgan fingerprint density at radius 1 is 1.15 bits per heavy atom. The topological polar surface area (TPSA) is 60.2 Å². The Kier molecular flexibility index (Phi) is 4.57. The van der Waals surface area contributed by atoms with Crippen LogP contribution >= 0.6 is 0 Å². The van der Waals surface area contributed by atoms with Gasteiger partial charge in [0.15, 0.2) is 0 Å². The van der Waals surface area contributed by atoms with Gasteiger partial charge in [-0.05, 0) is 24.6 Å². The van der Waals surface area contributed by atoms with Gasteiger partial charge in [0.25, 0.3) is 5.69 Å². The third-order valence-electron chi connectivity index (χ3n) is 2.80. The van der Waals surface area contributed by atoms with Crippen LogP contribution in [0, 0.1) is 15.9 Å². The molecule has 0 heterocycles. The van der Waals surface area contributed by atoms with E-state index in [1.54, 1.807) is 24.3 Å². The molecule has 2 aromatic rings. The molecular weight excluding hydrogens is 281 g/mol. The van der Waals surface area contributed by atoms with E-state index in [0.29, 0.717) is 16.9 Å². The van der Waals surface area contributed by atoms with Crippen LogP contribution in [0.25, 0.3) is 0 Å². The highest BCUT2D eigenvalue weighted by atomic mass is 32.2. The standard InChI is InChI=1S/C14H12FNO3S/c15-12-5-3-6-13(10-12)20(19)9-8-11-4-1-2-7-14(11)16(17)18/h1-7,10H,8-9H2. The molecule has 104 valence electrons. The number of nitro benzene ring substituents is 1. The van der Waals surface area contributed by atoms with E-state index in [2.05, 4.69) is 0 Å². The molecule has 20 heavy (non-hydrogen) atoms. The van der Waals surface area contributed by atoms with Gasteiger partial charge in [-0.1, -0.05) is 24.3 Å². The van der Waals surface area contributed by atoms with Crippen LogP contribution in [0.4, 0.5) is 10.1 Å². The van der Waals surface area contributed by atoms with Crippen molar-refractivity contribution in [1.82, 2.24) is 0 Å². The van der Waals surface area contributed by atoms with Crippen LogP contribution in [0.1, 0.15) is 5.56 Å². The summed E-state index contributed by atoms with van der Waals surface area (Å²) in [5, 5.41) is 10.9. The Morgan fingerprint density at radius 3 is 2.60 bits per heavy atom. The Hall–Kier alpha value is -2.08. The highest BCUT2D eigenvalue weighted by Gasteiger charge is 2.13. The predicted molar refractivity (Wildman–Crippen MR) is 74.5 cm³/mol. The molecule has 0 N–H and O–H groups in total. The average molecular weight is 293 g/mol. The number of benzene rings is 2. The van der Waals surface area contributed by atoms with Crippen molar-refractivity contribution in [3.63, 3.8) is 0 Å². The summed E-state index contributed by atoms with van der Waals surface area (Å²) in [6.45, 7) is 0. The van der Waals surface area contributed by atoms with Gasteiger partial charge in [-0.25, -0.2) is 4.39 Å². The van der Waals surface area contributed by atoms with E-state index in [-0.39, 0.29) is 11.4 Å². The third kappa shape index (κ3) is 3.48. The summed E-state index contributed by atoms with van der Waals surface area (Å²) in [6.07, 6.45) is 0.306. The molecule has 1 unspecified atom stereocenters. The zero-order chi connectivity index (χ0) is 14.5. The molecular formula is C14H12FNO3S. The number of hydrogen-bond acceptors (Lipinski definition) is 3. The first kappa shape index (κ1) is 14.3. The van der Waals surface area contributed by atoms with Gasteiger partial charge < -0.3 is 0 Å². The number of hydrogen-bond donors (Lipinski definition) is 0. The highest BCUT2D eigenvalue weighted by Crippen LogP contribution is 2.19. The van der Waals surface area contributed by atoms with Gasteiger partial charge in [-0.3, -0.25) is 14.3 Å². The first-order valence-electron chi connectivity index (χ1n) is 5.94. The third-order valence-corrected chi connectivity index (χ3v) is 4.16. The second-order valence-corrected chi connectivity index (χ2v) is 5.71. The fourth-order valence-corrected chi connectivity index (χ4v) is 2.94. The van der Waals surface area contributed by atoms with E-state index in [9.17, 15) is 18.7 Å². The Morgan fingerprint density at radius 2 is 1.90 bits per heavy atom. The summed E-state index contributed by atoms with van der Waals surface area (Å²) >= 11 is 0. The van der Waals surface area contributed by atoms with Crippen molar-refractivity contribution in [2.24, 2.45) is 0 Å². The minimum atomic E-state index is -1.38. The van der Waals surface area contributed by atoms with Gasteiger partial charge in [0.1, 0.15) is 5.82 Å². The maximum Gasteiger partial charge on any atom is 0.272 e. The number of aryl methyl sites for hydroxylation is 1. The zero-order valence-electron chi connectivity index (χ0n) is 10.5. The predicted octanol–water partition coefficient (Wildman–Crippen LogP) is 3.08. The molecule has 0 bridgehead atoms. The smallest absolute Gasteiger partial charge is 0.258 e. The molecule has 0 spiro atoms. The molecule has 0 saturated carbocycles. The number of para-hydroxylation sites is 1. The van der Waals surface area contributed by atoms with Gasteiger partial charge in [-0.2, -0.15) is 0 Å². The summed E-state index contributed by atoms with van der Waals surface area (Å²) in [5.74, 6) is -0.226. The van der Waals surface area contributed by atoms with E-state index in [0.717, 1.165) is 0 Å². The van der Waals surface area contributed by atoms with Crippen LogP contribution in [0.5, 0.6) is 0 Å². The van der Waals surface area contributed by atoms with Crippen molar-refractivity contribution >= 4 is 16.5 Å². The fraction of sp³-hybridized carbons (Fsp3) is 0.143.